The van der Waals surface area contributed by atoms with E-state index < -0.39 is 12.1 Å². The van der Waals surface area contributed by atoms with Crippen molar-refractivity contribution in [1.82, 2.24) is 10.3 Å². The predicted molar refractivity (Wildman–Crippen MR) is 81.9 cm³/mol. The zero-order valence-electron chi connectivity index (χ0n) is 13.1. The third-order valence-corrected chi connectivity index (χ3v) is 3.73. The molecular weight excluding hydrogens is 266 g/mol. The SMILES string of the molecule is CCC1C(=O)NC(CC(C)C)C(=O)N1c1ccc(C)nc1. The van der Waals surface area contributed by atoms with Crippen molar-refractivity contribution in [1.29, 1.82) is 0 Å². The summed E-state index contributed by atoms with van der Waals surface area (Å²) in [5, 5.41) is 2.86. The first-order valence-electron chi connectivity index (χ1n) is 7.50. The Morgan fingerprint density at radius 1 is 1.33 bits per heavy atom. The van der Waals surface area contributed by atoms with E-state index in [9.17, 15) is 9.59 Å². The maximum Gasteiger partial charge on any atom is 0.250 e. The first-order chi connectivity index (χ1) is 9.93. The van der Waals surface area contributed by atoms with Crippen LogP contribution in [0.15, 0.2) is 18.3 Å². The van der Waals surface area contributed by atoms with Crippen LogP contribution >= 0.6 is 0 Å². The number of amides is 2. The Balaban J connectivity index is 2.34. The van der Waals surface area contributed by atoms with E-state index in [4.69, 9.17) is 0 Å². The molecule has 1 aliphatic rings. The summed E-state index contributed by atoms with van der Waals surface area (Å²) in [6, 6.07) is 2.82. The Morgan fingerprint density at radius 3 is 2.57 bits per heavy atom. The summed E-state index contributed by atoms with van der Waals surface area (Å²) in [7, 11) is 0. The number of aromatic nitrogens is 1. The van der Waals surface area contributed by atoms with Gasteiger partial charge in [-0.1, -0.05) is 20.8 Å². The van der Waals surface area contributed by atoms with E-state index in [1.165, 1.54) is 0 Å². The highest BCUT2D eigenvalue weighted by molar-refractivity contribution is 6.08. The minimum Gasteiger partial charge on any atom is -0.342 e. The van der Waals surface area contributed by atoms with Crippen molar-refractivity contribution >= 4 is 17.5 Å². The number of rotatable bonds is 4. The van der Waals surface area contributed by atoms with Gasteiger partial charge < -0.3 is 5.32 Å². The van der Waals surface area contributed by atoms with Crippen molar-refractivity contribution in [3.63, 3.8) is 0 Å². The van der Waals surface area contributed by atoms with Crippen molar-refractivity contribution in [2.75, 3.05) is 4.90 Å². The van der Waals surface area contributed by atoms with Gasteiger partial charge in [-0.15, -0.1) is 0 Å². The topological polar surface area (TPSA) is 62.3 Å². The van der Waals surface area contributed by atoms with Crippen LogP contribution in [0.3, 0.4) is 0 Å². The monoisotopic (exact) mass is 289 g/mol. The van der Waals surface area contributed by atoms with Gasteiger partial charge in [-0.2, -0.15) is 0 Å². The van der Waals surface area contributed by atoms with Gasteiger partial charge in [0.25, 0.3) is 0 Å². The van der Waals surface area contributed by atoms with E-state index in [0.717, 1.165) is 5.69 Å². The van der Waals surface area contributed by atoms with E-state index in [2.05, 4.69) is 10.3 Å². The van der Waals surface area contributed by atoms with Crippen LogP contribution in [0.2, 0.25) is 0 Å². The zero-order valence-corrected chi connectivity index (χ0v) is 13.1. The molecule has 1 aromatic heterocycles. The van der Waals surface area contributed by atoms with Crippen molar-refractivity contribution in [3.8, 4) is 0 Å². The van der Waals surface area contributed by atoms with E-state index >= 15 is 0 Å². The second-order valence-electron chi connectivity index (χ2n) is 5.98. The van der Waals surface area contributed by atoms with Gasteiger partial charge in [-0.3, -0.25) is 19.5 Å². The lowest BCUT2D eigenvalue weighted by Crippen LogP contribution is -2.63. The van der Waals surface area contributed by atoms with Crippen LogP contribution in [0.5, 0.6) is 0 Å². The summed E-state index contributed by atoms with van der Waals surface area (Å²) >= 11 is 0. The second-order valence-corrected chi connectivity index (χ2v) is 5.98. The molecule has 1 aromatic rings. The van der Waals surface area contributed by atoms with Gasteiger partial charge in [0.1, 0.15) is 12.1 Å². The number of nitrogens with one attached hydrogen (secondary N) is 1. The van der Waals surface area contributed by atoms with E-state index in [-0.39, 0.29) is 11.8 Å². The molecule has 21 heavy (non-hydrogen) atoms. The number of carbonyl (C=O) groups is 2. The molecule has 0 aromatic carbocycles. The van der Waals surface area contributed by atoms with E-state index in [1.54, 1.807) is 11.1 Å². The van der Waals surface area contributed by atoms with Gasteiger partial charge in [-0.05, 0) is 37.8 Å². The molecule has 0 spiro atoms. The highest BCUT2D eigenvalue weighted by Crippen LogP contribution is 2.24. The maximum atomic E-state index is 12.7. The standard InChI is InChI=1S/C16H23N3O2/c1-5-14-15(20)18-13(8-10(2)3)16(21)19(14)12-7-6-11(4)17-9-12/h6-7,9-10,13-14H,5,8H2,1-4H3,(H,18,20). The summed E-state index contributed by atoms with van der Waals surface area (Å²) in [6.07, 6.45) is 2.90. The number of carbonyl (C=O) groups excluding carboxylic acids is 2. The molecular formula is C16H23N3O2. The Bertz CT molecular complexity index is 525. The molecule has 2 amide bonds. The average Bonchev–Trinajstić information content (AvgIpc) is 2.43. The number of anilines is 1. The third-order valence-electron chi connectivity index (χ3n) is 3.73. The fourth-order valence-corrected chi connectivity index (χ4v) is 2.68. The summed E-state index contributed by atoms with van der Waals surface area (Å²) < 4.78 is 0. The number of aryl methyl sites for hydroxylation is 1. The lowest BCUT2D eigenvalue weighted by molar-refractivity contribution is -0.134. The Labute approximate surface area is 125 Å². The van der Waals surface area contributed by atoms with Gasteiger partial charge in [0.05, 0.1) is 11.9 Å². The summed E-state index contributed by atoms with van der Waals surface area (Å²) in [4.78, 5) is 30.9. The highest BCUT2D eigenvalue weighted by Gasteiger charge is 2.40. The van der Waals surface area contributed by atoms with Crippen molar-refractivity contribution in [2.24, 2.45) is 5.92 Å². The van der Waals surface area contributed by atoms with Crippen molar-refractivity contribution in [2.45, 2.75) is 52.6 Å². The lowest BCUT2D eigenvalue weighted by Gasteiger charge is -2.39. The molecule has 2 atom stereocenters. The van der Waals surface area contributed by atoms with Gasteiger partial charge >= 0.3 is 0 Å². The molecule has 5 nitrogen and oxygen atoms in total. The molecule has 5 heteroatoms. The van der Waals surface area contributed by atoms with Gasteiger partial charge in [0.2, 0.25) is 11.8 Å². The van der Waals surface area contributed by atoms with Crippen molar-refractivity contribution < 1.29 is 9.59 Å². The van der Waals surface area contributed by atoms with Crippen LogP contribution in [0.4, 0.5) is 5.69 Å². The van der Waals surface area contributed by atoms with Gasteiger partial charge in [0, 0.05) is 5.69 Å². The number of nitrogens with zero attached hydrogens (tertiary/aromatic N) is 2. The van der Waals surface area contributed by atoms with Crippen molar-refractivity contribution in [3.05, 3.63) is 24.0 Å². The van der Waals surface area contributed by atoms with Crippen LogP contribution in [0.1, 0.15) is 39.3 Å². The molecule has 0 aliphatic carbocycles. The molecule has 2 heterocycles. The Morgan fingerprint density at radius 2 is 2.05 bits per heavy atom. The molecule has 2 unspecified atom stereocenters. The van der Waals surface area contributed by atoms with E-state index in [1.807, 2.05) is 39.8 Å². The number of hydrogen-bond acceptors (Lipinski definition) is 3. The molecule has 0 radical (unpaired) electrons. The molecule has 0 saturated carbocycles. The number of pyridine rings is 1. The summed E-state index contributed by atoms with van der Waals surface area (Å²) in [5.74, 6) is 0.222. The fraction of sp³-hybridized carbons (Fsp3) is 0.562. The van der Waals surface area contributed by atoms with Crippen LogP contribution in [0.25, 0.3) is 0 Å². The van der Waals surface area contributed by atoms with Crippen LogP contribution in [0, 0.1) is 12.8 Å². The first-order valence-corrected chi connectivity index (χ1v) is 7.50. The molecule has 2 rings (SSSR count). The number of hydrogen-bond donors (Lipinski definition) is 1. The summed E-state index contributed by atoms with van der Waals surface area (Å²) in [6.45, 7) is 7.90. The van der Waals surface area contributed by atoms with Crippen LogP contribution in [-0.2, 0) is 9.59 Å². The molecule has 1 aliphatic heterocycles. The minimum absolute atomic E-state index is 0.0409. The van der Waals surface area contributed by atoms with Gasteiger partial charge in [0.15, 0.2) is 0 Å². The predicted octanol–water partition coefficient (Wildman–Crippen LogP) is 2.05. The average molecular weight is 289 g/mol. The molecule has 1 fully saturated rings. The maximum absolute atomic E-state index is 12.7. The number of piperazine rings is 1. The normalized spacial score (nSPS) is 22.6. The smallest absolute Gasteiger partial charge is 0.250 e. The zero-order chi connectivity index (χ0) is 15.6. The molecule has 1 saturated heterocycles. The minimum atomic E-state index is -0.453. The molecule has 0 bridgehead atoms. The first kappa shape index (κ1) is 15.5. The largest absolute Gasteiger partial charge is 0.342 e. The third kappa shape index (κ3) is 3.23. The van der Waals surface area contributed by atoms with E-state index in [0.29, 0.717) is 24.4 Å². The van der Waals surface area contributed by atoms with Gasteiger partial charge in [-0.25, -0.2) is 0 Å². The molecule has 1 N–H and O–H groups in total. The fourth-order valence-electron chi connectivity index (χ4n) is 2.68. The quantitative estimate of drug-likeness (QED) is 0.922. The second kappa shape index (κ2) is 6.24. The van der Waals surface area contributed by atoms with Crippen LogP contribution in [-0.4, -0.2) is 28.9 Å². The molecule has 114 valence electrons. The van der Waals surface area contributed by atoms with Crippen LogP contribution < -0.4 is 10.2 Å². The lowest BCUT2D eigenvalue weighted by atomic mass is 9.97. The summed E-state index contributed by atoms with van der Waals surface area (Å²) in [5.41, 5.74) is 1.58. The Kier molecular flexibility index (Phi) is 4.60. The Hall–Kier alpha value is -1.91. The highest BCUT2D eigenvalue weighted by atomic mass is 16.2.